The molecule has 1 aliphatic heterocycles. The molecule has 8 heteroatoms. The number of nitrogens with one attached hydrogen (secondary N) is 1. The van der Waals surface area contributed by atoms with E-state index in [1.807, 2.05) is 18.2 Å². The van der Waals surface area contributed by atoms with Crippen LogP contribution >= 0.6 is 11.3 Å². The summed E-state index contributed by atoms with van der Waals surface area (Å²) in [6.45, 7) is 0. The van der Waals surface area contributed by atoms with Gasteiger partial charge in [-0.15, -0.1) is 0 Å². The molecular formula is C14H16N2O4S2. The zero-order valence-corrected chi connectivity index (χ0v) is 13.7. The molecule has 1 unspecified atom stereocenters. The number of fused-ring (bicyclic) bond motifs is 1. The molecule has 1 saturated heterocycles. The van der Waals surface area contributed by atoms with E-state index in [0.717, 1.165) is 4.70 Å². The second-order valence-electron chi connectivity index (χ2n) is 5.35. The number of ether oxygens (including phenoxy) is 1. The van der Waals surface area contributed by atoms with Crippen molar-refractivity contribution in [3.8, 4) is 5.75 Å². The Bertz CT molecular complexity index is 813. The lowest BCUT2D eigenvalue weighted by molar-refractivity contribution is -0.116. The van der Waals surface area contributed by atoms with Crippen LogP contribution < -0.4 is 10.1 Å². The molecular weight excluding hydrogens is 324 g/mol. The number of amides is 1. The number of anilines is 1. The Morgan fingerprint density at radius 1 is 1.50 bits per heavy atom. The first-order valence-electron chi connectivity index (χ1n) is 6.90. The van der Waals surface area contributed by atoms with E-state index in [-0.39, 0.29) is 29.8 Å². The summed E-state index contributed by atoms with van der Waals surface area (Å²) in [5.74, 6) is 0.669. The minimum absolute atomic E-state index is 0.0890. The minimum Gasteiger partial charge on any atom is -0.494 e. The van der Waals surface area contributed by atoms with Gasteiger partial charge in [-0.25, -0.2) is 13.4 Å². The first kappa shape index (κ1) is 15.2. The molecule has 2 aromatic rings. The predicted octanol–water partition coefficient (Wildman–Crippen LogP) is 2.07. The van der Waals surface area contributed by atoms with Crippen LogP contribution in [0.3, 0.4) is 0 Å². The van der Waals surface area contributed by atoms with E-state index < -0.39 is 9.84 Å². The number of hydrogen-bond acceptors (Lipinski definition) is 6. The highest BCUT2D eigenvalue weighted by Crippen LogP contribution is 2.32. The van der Waals surface area contributed by atoms with E-state index in [4.69, 9.17) is 4.74 Å². The zero-order valence-electron chi connectivity index (χ0n) is 12.0. The summed E-state index contributed by atoms with van der Waals surface area (Å²) >= 11 is 1.37. The van der Waals surface area contributed by atoms with Gasteiger partial charge in [-0.2, -0.15) is 0 Å². The third-order valence-corrected chi connectivity index (χ3v) is 6.42. The van der Waals surface area contributed by atoms with Crippen LogP contribution in [-0.2, 0) is 14.6 Å². The maximum Gasteiger partial charge on any atom is 0.226 e. The lowest BCUT2D eigenvalue weighted by Gasteiger charge is -2.06. The number of thiazole rings is 1. The minimum atomic E-state index is -2.95. The number of benzene rings is 1. The molecule has 3 rings (SSSR count). The Kier molecular flexibility index (Phi) is 4.05. The highest BCUT2D eigenvalue weighted by atomic mass is 32.2. The molecule has 6 nitrogen and oxygen atoms in total. The van der Waals surface area contributed by atoms with Gasteiger partial charge in [-0.1, -0.05) is 17.4 Å². The molecule has 2 heterocycles. The van der Waals surface area contributed by atoms with Crippen LogP contribution in [0.25, 0.3) is 10.2 Å². The summed E-state index contributed by atoms with van der Waals surface area (Å²) < 4.78 is 29.0. The summed E-state index contributed by atoms with van der Waals surface area (Å²) in [5, 5.41) is 3.26. The number of carbonyl (C=O) groups excluding carboxylic acids is 1. The van der Waals surface area contributed by atoms with Crippen LogP contribution in [0.5, 0.6) is 5.75 Å². The molecule has 0 aliphatic carbocycles. The van der Waals surface area contributed by atoms with Gasteiger partial charge >= 0.3 is 0 Å². The molecule has 1 fully saturated rings. The van der Waals surface area contributed by atoms with E-state index in [1.165, 1.54) is 11.3 Å². The third-order valence-electron chi connectivity index (χ3n) is 3.65. The average molecular weight is 340 g/mol. The fraction of sp³-hybridized carbons (Fsp3) is 0.429. The summed E-state index contributed by atoms with van der Waals surface area (Å²) in [6.07, 6.45) is 0.774. The van der Waals surface area contributed by atoms with E-state index in [0.29, 0.717) is 22.8 Å². The van der Waals surface area contributed by atoms with E-state index >= 15 is 0 Å². The summed E-state index contributed by atoms with van der Waals surface area (Å²) in [6, 6.07) is 5.60. The molecule has 1 aliphatic rings. The molecule has 1 aromatic carbocycles. The summed E-state index contributed by atoms with van der Waals surface area (Å²) in [7, 11) is -1.38. The van der Waals surface area contributed by atoms with E-state index in [1.54, 1.807) is 7.11 Å². The average Bonchev–Trinajstić information content (AvgIpc) is 3.00. The number of rotatable bonds is 4. The van der Waals surface area contributed by atoms with Crippen molar-refractivity contribution >= 4 is 42.4 Å². The highest BCUT2D eigenvalue weighted by Gasteiger charge is 2.29. The number of hydrogen-bond donors (Lipinski definition) is 1. The van der Waals surface area contributed by atoms with Crippen LogP contribution in [0.15, 0.2) is 18.2 Å². The van der Waals surface area contributed by atoms with Gasteiger partial charge in [0.05, 0.1) is 23.3 Å². The van der Waals surface area contributed by atoms with E-state index in [9.17, 15) is 13.2 Å². The Balaban J connectivity index is 1.69. The number of methoxy groups -OCH3 is 1. The largest absolute Gasteiger partial charge is 0.494 e. The Hall–Kier alpha value is -1.67. The van der Waals surface area contributed by atoms with Gasteiger partial charge in [-0.05, 0) is 24.5 Å². The van der Waals surface area contributed by atoms with Crippen LogP contribution in [0, 0.1) is 5.92 Å². The lowest BCUT2D eigenvalue weighted by Crippen LogP contribution is -2.17. The van der Waals surface area contributed by atoms with Crippen molar-refractivity contribution in [2.45, 2.75) is 12.8 Å². The number of sulfone groups is 1. The van der Waals surface area contributed by atoms with Crippen molar-refractivity contribution in [1.82, 2.24) is 4.98 Å². The van der Waals surface area contributed by atoms with Gasteiger partial charge in [0.2, 0.25) is 5.91 Å². The molecule has 1 atom stereocenters. The van der Waals surface area contributed by atoms with Crippen molar-refractivity contribution in [2.75, 3.05) is 23.9 Å². The van der Waals surface area contributed by atoms with Crippen LogP contribution in [0.4, 0.5) is 5.13 Å². The SMILES string of the molecule is COc1cccc2sc(NC(=O)CC3CCS(=O)(=O)C3)nc12. The first-order chi connectivity index (χ1) is 10.5. The standard InChI is InChI=1S/C14H16N2O4S2/c1-20-10-3-2-4-11-13(10)16-14(21-11)15-12(17)7-9-5-6-22(18,19)8-9/h2-4,9H,5-8H2,1H3,(H,15,16,17). The first-order valence-corrected chi connectivity index (χ1v) is 9.54. The molecule has 1 amide bonds. The molecule has 0 radical (unpaired) electrons. The van der Waals surface area contributed by atoms with Gasteiger partial charge in [0, 0.05) is 6.42 Å². The number of nitrogens with zero attached hydrogens (tertiary/aromatic N) is 1. The number of carbonyl (C=O) groups is 1. The Morgan fingerprint density at radius 3 is 3.00 bits per heavy atom. The summed E-state index contributed by atoms with van der Waals surface area (Å²) in [4.78, 5) is 16.4. The van der Waals surface area contributed by atoms with Crippen molar-refractivity contribution in [1.29, 1.82) is 0 Å². The fourth-order valence-electron chi connectivity index (χ4n) is 2.61. The lowest BCUT2D eigenvalue weighted by atomic mass is 10.1. The highest BCUT2D eigenvalue weighted by molar-refractivity contribution is 7.91. The maximum absolute atomic E-state index is 12.0. The normalized spacial score (nSPS) is 20.1. The molecule has 118 valence electrons. The monoisotopic (exact) mass is 340 g/mol. The fourth-order valence-corrected chi connectivity index (χ4v) is 5.37. The Labute approximate surface area is 132 Å². The van der Waals surface area contributed by atoms with Crippen LogP contribution in [0.1, 0.15) is 12.8 Å². The topological polar surface area (TPSA) is 85.4 Å². The van der Waals surface area contributed by atoms with Gasteiger partial charge in [0.1, 0.15) is 11.3 Å². The molecule has 0 saturated carbocycles. The Morgan fingerprint density at radius 2 is 2.32 bits per heavy atom. The van der Waals surface area contributed by atoms with Crippen LogP contribution in [0.2, 0.25) is 0 Å². The van der Waals surface area contributed by atoms with Crippen molar-refractivity contribution in [3.05, 3.63) is 18.2 Å². The second kappa shape index (κ2) is 5.85. The summed E-state index contributed by atoms with van der Waals surface area (Å²) in [5.41, 5.74) is 0.716. The number of aromatic nitrogens is 1. The molecule has 0 spiro atoms. The maximum atomic E-state index is 12.0. The predicted molar refractivity (Wildman–Crippen MR) is 86.2 cm³/mol. The van der Waals surface area contributed by atoms with Crippen molar-refractivity contribution < 1.29 is 17.9 Å². The quantitative estimate of drug-likeness (QED) is 0.921. The van der Waals surface area contributed by atoms with Gasteiger partial charge in [0.25, 0.3) is 0 Å². The van der Waals surface area contributed by atoms with Crippen molar-refractivity contribution in [3.63, 3.8) is 0 Å². The smallest absolute Gasteiger partial charge is 0.226 e. The molecule has 22 heavy (non-hydrogen) atoms. The van der Waals surface area contributed by atoms with Crippen molar-refractivity contribution in [2.24, 2.45) is 5.92 Å². The zero-order chi connectivity index (χ0) is 15.7. The van der Waals surface area contributed by atoms with Gasteiger partial charge in [0.15, 0.2) is 15.0 Å². The molecule has 0 bridgehead atoms. The van der Waals surface area contributed by atoms with Crippen LogP contribution in [-0.4, -0.2) is 37.9 Å². The third kappa shape index (κ3) is 3.22. The second-order valence-corrected chi connectivity index (χ2v) is 8.61. The van der Waals surface area contributed by atoms with Gasteiger partial charge < -0.3 is 10.1 Å². The van der Waals surface area contributed by atoms with Gasteiger partial charge in [-0.3, -0.25) is 4.79 Å². The van der Waals surface area contributed by atoms with E-state index in [2.05, 4.69) is 10.3 Å². The molecule has 1 N–H and O–H groups in total. The molecule has 1 aromatic heterocycles. The number of para-hydroxylation sites is 1.